The van der Waals surface area contributed by atoms with E-state index in [0.717, 1.165) is 23.8 Å². The number of hydrogen-bond acceptors (Lipinski definition) is 13. The van der Waals surface area contributed by atoms with E-state index in [-0.39, 0.29) is 53.4 Å². The van der Waals surface area contributed by atoms with Crippen molar-refractivity contribution in [2.45, 2.75) is 34.1 Å². The second-order valence-corrected chi connectivity index (χ2v) is 15.6. The standard InChI is InChI=1S/C18H18BrN5O5.C12H13BrN2O2.C6H8N2O3/c1-8(2)7-24-14(25)9-5-6-10(19)12(11(9)15(24)26)20-21-13-16(27)22(3)18(29)23(4)17(13)28;1-6(2)5-15-11(16)7-3-4-8(13)10(14)9(7)12(15)17;1-7-4(9)3-5(10)8(2)6(7)11/h5-6,8,27H,7H2,1-4H3;3-4,6H,5,14H2,1-2H3;3H2,1-2H3. The second-order valence-electron chi connectivity index (χ2n) is 13.9. The molecule has 6 rings (SSSR count). The molecule has 2 aromatic carbocycles. The van der Waals surface area contributed by atoms with Crippen LogP contribution in [0.3, 0.4) is 0 Å². The minimum atomic E-state index is -0.845. The molecule has 3 aromatic rings. The van der Waals surface area contributed by atoms with Crippen molar-refractivity contribution in [3.05, 3.63) is 76.3 Å². The van der Waals surface area contributed by atoms with Crippen LogP contribution in [0, 0.1) is 11.8 Å². The average molecular weight is 918 g/mol. The number of benzene rings is 2. The van der Waals surface area contributed by atoms with Crippen molar-refractivity contribution in [2.24, 2.45) is 36.2 Å². The fourth-order valence-corrected chi connectivity index (χ4v) is 6.42. The Morgan fingerprint density at radius 2 is 1.09 bits per heavy atom. The quantitative estimate of drug-likeness (QED) is 0.155. The van der Waals surface area contributed by atoms with Gasteiger partial charge >= 0.3 is 11.7 Å². The molecule has 21 heteroatoms. The molecule has 0 aliphatic carbocycles. The summed E-state index contributed by atoms with van der Waals surface area (Å²) in [6.07, 6.45) is -0.210. The van der Waals surface area contributed by atoms with Crippen molar-refractivity contribution in [3.63, 3.8) is 0 Å². The van der Waals surface area contributed by atoms with Gasteiger partial charge in [0.1, 0.15) is 12.1 Å². The molecule has 1 saturated heterocycles. The Bertz CT molecular complexity index is 2380. The number of imide groups is 4. The van der Waals surface area contributed by atoms with Gasteiger partial charge in [-0.3, -0.25) is 62.3 Å². The average Bonchev–Trinajstić information content (AvgIpc) is 3.53. The van der Waals surface area contributed by atoms with Gasteiger partial charge in [-0.05, 0) is 68.0 Å². The van der Waals surface area contributed by atoms with E-state index in [1.807, 2.05) is 27.7 Å². The molecule has 0 bridgehead atoms. The maximum Gasteiger partial charge on any atom is 0.333 e. The van der Waals surface area contributed by atoms with Gasteiger partial charge in [-0.25, -0.2) is 9.59 Å². The van der Waals surface area contributed by atoms with E-state index in [0.29, 0.717) is 32.3 Å². The number of aromatic nitrogens is 2. The molecule has 0 spiro atoms. The number of nitrogen functional groups attached to an aromatic ring is 1. The fraction of sp³-hybridized carbons (Fsp3) is 0.361. The van der Waals surface area contributed by atoms with Crippen LogP contribution in [-0.2, 0) is 23.7 Å². The topological polar surface area (TPSA) is 247 Å². The molecule has 3 N–H and O–H groups in total. The summed E-state index contributed by atoms with van der Waals surface area (Å²) in [4.78, 5) is 111. The predicted molar refractivity (Wildman–Crippen MR) is 211 cm³/mol. The monoisotopic (exact) mass is 915 g/mol. The summed E-state index contributed by atoms with van der Waals surface area (Å²) in [5.41, 5.74) is 5.17. The second kappa shape index (κ2) is 17.1. The van der Waals surface area contributed by atoms with Crippen molar-refractivity contribution in [3.8, 4) is 5.88 Å². The number of carbonyl (C=O) groups excluding carboxylic acids is 7. The van der Waals surface area contributed by atoms with Crippen LogP contribution in [0.1, 0.15) is 75.5 Å². The zero-order valence-electron chi connectivity index (χ0n) is 32.1. The Hall–Kier alpha value is -5.83. The number of hydrogen-bond donors (Lipinski definition) is 2. The van der Waals surface area contributed by atoms with Crippen LogP contribution >= 0.6 is 31.9 Å². The number of carbonyl (C=O) groups is 7. The Labute approximate surface area is 342 Å². The summed E-state index contributed by atoms with van der Waals surface area (Å²) in [6, 6.07) is 5.83. The molecule has 3 aliphatic heterocycles. The molecule has 302 valence electrons. The van der Waals surface area contributed by atoms with Crippen LogP contribution < -0.4 is 17.0 Å². The van der Waals surface area contributed by atoms with Gasteiger partial charge in [0, 0.05) is 50.2 Å². The molecule has 57 heavy (non-hydrogen) atoms. The summed E-state index contributed by atoms with van der Waals surface area (Å²) in [7, 11) is 5.23. The van der Waals surface area contributed by atoms with Gasteiger partial charge in [0.05, 0.1) is 27.9 Å². The van der Waals surface area contributed by atoms with Gasteiger partial charge in [0.25, 0.3) is 29.2 Å². The number of halogens is 2. The van der Waals surface area contributed by atoms with E-state index >= 15 is 0 Å². The highest BCUT2D eigenvalue weighted by Crippen LogP contribution is 2.39. The summed E-state index contributed by atoms with van der Waals surface area (Å²) >= 11 is 6.54. The van der Waals surface area contributed by atoms with Crippen molar-refractivity contribution >= 4 is 90.4 Å². The number of nitrogens with zero attached hydrogens (tertiary/aromatic N) is 8. The molecule has 4 heterocycles. The molecule has 0 unspecified atom stereocenters. The number of barbiturate groups is 1. The number of urea groups is 1. The predicted octanol–water partition coefficient (Wildman–Crippen LogP) is 3.93. The summed E-state index contributed by atoms with van der Waals surface area (Å²) in [6.45, 7) is 8.37. The van der Waals surface area contributed by atoms with E-state index in [1.54, 1.807) is 18.2 Å². The first-order chi connectivity index (χ1) is 26.5. The Kier molecular flexibility index (Phi) is 13.2. The first-order valence-corrected chi connectivity index (χ1v) is 18.7. The lowest BCUT2D eigenvalue weighted by atomic mass is 10.1. The molecule has 3 aliphatic rings. The number of azo groups is 1. The molecule has 1 fully saturated rings. The SMILES string of the molecule is CC(C)CN1C(=O)c2ccc(Br)c(N)c2C1=O.CC(C)CN1C(=O)c2ccc(Br)c(N=Nc3c(O)n(C)c(=O)n(C)c3=O)c2C1=O.CN1C(=O)CC(=O)N(C)C1=O. The third kappa shape index (κ3) is 8.48. The van der Waals surface area contributed by atoms with Crippen LogP contribution in [0.15, 0.2) is 53.0 Å². The maximum absolute atomic E-state index is 12.8. The minimum absolute atomic E-state index is 0.0578. The molecular formula is C36H39Br2N9O10. The molecule has 0 radical (unpaired) electrons. The smallest absolute Gasteiger partial charge is 0.333 e. The molecule has 0 atom stereocenters. The molecule has 8 amide bonds. The first-order valence-electron chi connectivity index (χ1n) is 17.1. The number of anilines is 1. The first kappa shape index (κ1) is 43.9. The van der Waals surface area contributed by atoms with Crippen LogP contribution in [0.4, 0.5) is 21.9 Å². The lowest BCUT2D eigenvalue weighted by molar-refractivity contribution is -0.140. The summed E-state index contributed by atoms with van der Waals surface area (Å²) < 4.78 is 2.65. The third-order valence-corrected chi connectivity index (χ3v) is 10.1. The van der Waals surface area contributed by atoms with E-state index in [1.165, 1.54) is 39.2 Å². The van der Waals surface area contributed by atoms with Gasteiger partial charge in [0.15, 0.2) is 0 Å². The summed E-state index contributed by atoms with van der Waals surface area (Å²) in [5, 5.41) is 17.9. The normalized spacial score (nSPS) is 15.2. The lowest BCUT2D eigenvalue weighted by Gasteiger charge is -2.26. The zero-order valence-corrected chi connectivity index (χ0v) is 35.3. The number of amides is 8. The van der Waals surface area contributed by atoms with E-state index < -0.39 is 52.5 Å². The van der Waals surface area contributed by atoms with Gasteiger partial charge in [-0.2, -0.15) is 0 Å². The maximum atomic E-state index is 12.8. The molecule has 19 nitrogen and oxygen atoms in total. The molecular weight excluding hydrogens is 878 g/mol. The Morgan fingerprint density at radius 3 is 1.58 bits per heavy atom. The highest BCUT2D eigenvalue weighted by Gasteiger charge is 2.40. The highest BCUT2D eigenvalue weighted by molar-refractivity contribution is 9.11. The number of aromatic hydroxyl groups is 1. The highest BCUT2D eigenvalue weighted by atomic mass is 79.9. The zero-order chi connectivity index (χ0) is 43.0. The van der Waals surface area contributed by atoms with E-state index in [2.05, 4.69) is 42.1 Å². The fourth-order valence-electron chi connectivity index (χ4n) is 5.68. The van der Waals surface area contributed by atoms with E-state index in [4.69, 9.17) is 5.73 Å². The summed E-state index contributed by atoms with van der Waals surface area (Å²) in [5.74, 6) is -2.71. The minimum Gasteiger partial charge on any atom is -0.493 e. The van der Waals surface area contributed by atoms with Crippen molar-refractivity contribution in [1.29, 1.82) is 0 Å². The number of rotatable bonds is 6. The third-order valence-electron chi connectivity index (χ3n) is 8.77. The van der Waals surface area contributed by atoms with Gasteiger partial charge in [-0.1, -0.05) is 27.7 Å². The van der Waals surface area contributed by atoms with Crippen molar-refractivity contribution < 1.29 is 38.7 Å². The van der Waals surface area contributed by atoms with Crippen molar-refractivity contribution in [2.75, 3.05) is 32.9 Å². The number of nitrogens with two attached hydrogens (primary N) is 1. The van der Waals surface area contributed by atoms with Gasteiger partial charge in [-0.15, -0.1) is 10.2 Å². The van der Waals surface area contributed by atoms with Crippen LogP contribution in [-0.4, -0.2) is 102 Å². The van der Waals surface area contributed by atoms with Gasteiger partial charge in [0.2, 0.25) is 23.4 Å². The number of fused-ring (bicyclic) bond motifs is 2. The Balaban J connectivity index is 0.000000216. The van der Waals surface area contributed by atoms with Crippen molar-refractivity contribution in [1.82, 2.24) is 28.7 Å². The lowest BCUT2D eigenvalue weighted by Crippen LogP contribution is -2.51. The molecule has 0 saturated carbocycles. The van der Waals surface area contributed by atoms with E-state index in [9.17, 15) is 48.3 Å². The van der Waals surface area contributed by atoms with Crippen LogP contribution in [0.5, 0.6) is 5.88 Å². The molecule has 1 aromatic heterocycles. The van der Waals surface area contributed by atoms with Gasteiger partial charge < -0.3 is 10.8 Å². The van der Waals surface area contributed by atoms with Crippen LogP contribution in [0.25, 0.3) is 0 Å². The Morgan fingerprint density at radius 1 is 0.649 bits per heavy atom. The largest absolute Gasteiger partial charge is 0.493 e. The van der Waals surface area contributed by atoms with Crippen LogP contribution in [0.2, 0.25) is 0 Å².